The first kappa shape index (κ1) is 13.6. The van der Waals surface area contributed by atoms with E-state index in [4.69, 9.17) is 5.11 Å². The number of pyridine rings is 1. The molecule has 1 heterocycles. The highest BCUT2D eigenvalue weighted by molar-refractivity contribution is 5.85. The van der Waals surface area contributed by atoms with E-state index in [1.165, 1.54) is 0 Å². The van der Waals surface area contributed by atoms with Gasteiger partial charge in [0.2, 0.25) is 0 Å². The van der Waals surface area contributed by atoms with Crippen molar-refractivity contribution < 1.29 is 9.90 Å². The van der Waals surface area contributed by atoms with Gasteiger partial charge in [-0.1, -0.05) is 0 Å². The number of carbonyl (C=O) groups is 1. The van der Waals surface area contributed by atoms with Gasteiger partial charge in [0.15, 0.2) is 0 Å². The van der Waals surface area contributed by atoms with Crippen molar-refractivity contribution in [1.82, 2.24) is 14.8 Å². The van der Waals surface area contributed by atoms with Gasteiger partial charge in [-0.15, -0.1) is 0 Å². The quantitative estimate of drug-likeness (QED) is 0.792. The maximum absolute atomic E-state index is 10.8. The van der Waals surface area contributed by atoms with Crippen molar-refractivity contribution in [2.24, 2.45) is 0 Å². The van der Waals surface area contributed by atoms with Crippen LogP contribution in [0.2, 0.25) is 0 Å². The third-order valence-electron chi connectivity index (χ3n) is 2.42. The Labute approximate surface area is 102 Å². The number of likely N-dealkylation sites (N-methyl/N-ethyl adjacent to an activating group) is 2. The maximum Gasteiger partial charge on any atom is 0.354 e. The summed E-state index contributed by atoms with van der Waals surface area (Å²) in [5.74, 6) is -0.984. The van der Waals surface area contributed by atoms with Gasteiger partial charge in [0.05, 0.1) is 0 Å². The molecule has 0 atom stereocenters. The molecule has 1 rings (SSSR count). The zero-order valence-electron chi connectivity index (χ0n) is 10.6. The molecule has 0 fully saturated rings. The van der Waals surface area contributed by atoms with Gasteiger partial charge in [-0.05, 0) is 38.8 Å². The molecule has 5 heteroatoms. The summed E-state index contributed by atoms with van der Waals surface area (Å²) in [6, 6.07) is 3.47. The molecule has 1 aromatic rings. The summed E-state index contributed by atoms with van der Waals surface area (Å²) in [6.45, 7) is 2.65. The highest BCUT2D eigenvalue weighted by Gasteiger charge is 2.06. The Morgan fingerprint density at radius 3 is 2.65 bits per heavy atom. The number of aromatic carboxylic acids is 1. The summed E-state index contributed by atoms with van der Waals surface area (Å²) < 4.78 is 0. The molecule has 0 spiro atoms. The molecule has 0 aromatic carbocycles. The molecule has 17 heavy (non-hydrogen) atoms. The number of carboxylic acids is 1. The fourth-order valence-electron chi connectivity index (χ4n) is 1.45. The van der Waals surface area contributed by atoms with Gasteiger partial charge in [0.25, 0.3) is 0 Å². The highest BCUT2D eigenvalue weighted by Crippen LogP contribution is 2.05. The van der Waals surface area contributed by atoms with Gasteiger partial charge in [0, 0.05) is 25.8 Å². The molecule has 0 saturated heterocycles. The standard InChI is InChI=1S/C12H19N3O2/c1-14(2)6-7-15(3)9-10-4-5-13-11(8-10)12(16)17/h4-5,8H,6-7,9H2,1-3H3,(H,16,17). The SMILES string of the molecule is CN(C)CCN(C)Cc1ccnc(C(=O)O)c1. The topological polar surface area (TPSA) is 56.7 Å². The van der Waals surface area contributed by atoms with E-state index in [1.807, 2.05) is 27.2 Å². The second kappa shape index (κ2) is 6.32. The van der Waals surface area contributed by atoms with Gasteiger partial charge in [-0.3, -0.25) is 0 Å². The summed E-state index contributed by atoms with van der Waals surface area (Å²) in [5.41, 5.74) is 1.07. The van der Waals surface area contributed by atoms with Gasteiger partial charge < -0.3 is 14.9 Å². The van der Waals surface area contributed by atoms with E-state index in [0.29, 0.717) is 0 Å². The van der Waals surface area contributed by atoms with E-state index in [-0.39, 0.29) is 5.69 Å². The highest BCUT2D eigenvalue weighted by atomic mass is 16.4. The Morgan fingerprint density at radius 1 is 1.35 bits per heavy atom. The number of aromatic nitrogens is 1. The number of hydrogen-bond acceptors (Lipinski definition) is 4. The van der Waals surface area contributed by atoms with Crippen LogP contribution >= 0.6 is 0 Å². The van der Waals surface area contributed by atoms with Crippen LogP contribution in [0, 0.1) is 0 Å². The van der Waals surface area contributed by atoms with Crippen LogP contribution in [0.5, 0.6) is 0 Å². The predicted molar refractivity (Wildman–Crippen MR) is 66.1 cm³/mol. The first-order valence-electron chi connectivity index (χ1n) is 5.50. The molecule has 0 bridgehead atoms. The molecule has 1 aromatic heterocycles. The summed E-state index contributed by atoms with van der Waals surface area (Å²) >= 11 is 0. The van der Waals surface area contributed by atoms with Gasteiger partial charge in [-0.25, -0.2) is 9.78 Å². The van der Waals surface area contributed by atoms with Crippen molar-refractivity contribution in [3.8, 4) is 0 Å². The normalized spacial score (nSPS) is 11.1. The van der Waals surface area contributed by atoms with Crippen LogP contribution in [-0.4, -0.2) is 60.1 Å². The van der Waals surface area contributed by atoms with E-state index >= 15 is 0 Å². The minimum Gasteiger partial charge on any atom is -0.477 e. The fourth-order valence-corrected chi connectivity index (χ4v) is 1.45. The third kappa shape index (κ3) is 4.93. The fraction of sp³-hybridized carbons (Fsp3) is 0.500. The lowest BCUT2D eigenvalue weighted by molar-refractivity contribution is 0.0690. The van der Waals surface area contributed by atoms with Gasteiger partial charge in [-0.2, -0.15) is 0 Å². The first-order chi connectivity index (χ1) is 7.99. The Morgan fingerprint density at radius 2 is 2.06 bits per heavy atom. The van der Waals surface area contributed by atoms with E-state index in [1.54, 1.807) is 12.3 Å². The zero-order valence-corrected chi connectivity index (χ0v) is 10.6. The Bertz CT molecular complexity index is 380. The van der Waals surface area contributed by atoms with E-state index in [9.17, 15) is 4.79 Å². The van der Waals surface area contributed by atoms with Crippen molar-refractivity contribution in [2.45, 2.75) is 6.54 Å². The second-order valence-electron chi connectivity index (χ2n) is 4.40. The third-order valence-corrected chi connectivity index (χ3v) is 2.42. The van der Waals surface area contributed by atoms with Crippen molar-refractivity contribution in [1.29, 1.82) is 0 Å². The number of rotatable bonds is 6. The second-order valence-corrected chi connectivity index (χ2v) is 4.40. The van der Waals surface area contributed by atoms with Crippen LogP contribution in [0.1, 0.15) is 16.1 Å². The van der Waals surface area contributed by atoms with Crippen molar-refractivity contribution in [3.05, 3.63) is 29.6 Å². The van der Waals surface area contributed by atoms with E-state index in [0.717, 1.165) is 25.2 Å². The Hall–Kier alpha value is -1.46. The molecular weight excluding hydrogens is 218 g/mol. The smallest absolute Gasteiger partial charge is 0.354 e. The molecular formula is C12H19N3O2. The van der Waals surface area contributed by atoms with E-state index < -0.39 is 5.97 Å². The molecule has 0 amide bonds. The molecule has 94 valence electrons. The molecule has 5 nitrogen and oxygen atoms in total. The average Bonchev–Trinajstić information content (AvgIpc) is 2.26. The minimum absolute atomic E-state index is 0.100. The Balaban J connectivity index is 2.56. The summed E-state index contributed by atoms with van der Waals surface area (Å²) in [4.78, 5) is 18.8. The molecule has 0 saturated carbocycles. The largest absolute Gasteiger partial charge is 0.477 e. The molecule has 0 radical (unpaired) electrons. The van der Waals surface area contributed by atoms with Gasteiger partial charge >= 0.3 is 5.97 Å². The van der Waals surface area contributed by atoms with Crippen LogP contribution in [0.15, 0.2) is 18.3 Å². The van der Waals surface area contributed by atoms with Crippen LogP contribution in [0.25, 0.3) is 0 Å². The van der Waals surface area contributed by atoms with Crippen molar-refractivity contribution in [2.75, 3.05) is 34.2 Å². The monoisotopic (exact) mass is 237 g/mol. The molecule has 0 aliphatic heterocycles. The minimum atomic E-state index is -0.984. The summed E-state index contributed by atoms with van der Waals surface area (Å²) in [5, 5.41) is 8.84. The summed E-state index contributed by atoms with van der Waals surface area (Å²) in [6.07, 6.45) is 1.54. The van der Waals surface area contributed by atoms with Crippen LogP contribution in [0.4, 0.5) is 0 Å². The van der Waals surface area contributed by atoms with Crippen LogP contribution in [0.3, 0.4) is 0 Å². The average molecular weight is 237 g/mol. The Kier molecular flexibility index (Phi) is 5.06. The number of nitrogens with zero attached hydrogens (tertiary/aromatic N) is 3. The van der Waals surface area contributed by atoms with Crippen molar-refractivity contribution >= 4 is 5.97 Å². The van der Waals surface area contributed by atoms with Crippen molar-refractivity contribution in [3.63, 3.8) is 0 Å². The predicted octanol–water partition coefficient (Wildman–Crippen LogP) is 0.773. The lowest BCUT2D eigenvalue weighted by atomic mass is 10.2. The van der Waals surface area contributed by atoms with Crippen LogP contribution < -0.4 is 0 Å². The lowest BCUT2D eigenvalue weighted by Crippen LogP contribution is -2.28. The number of hydrogen-bond donors (Lipinski definition) is 1. The maximum atomic E-state index is 10.8. The summed E-state index contributed by atoms with van der Waals surface area (Å²) in [7, 11) is 6.08. The number of carboxylic acid groups (broad SMARTS) is 1. The molecule has 0 aliphatic carbocycles. The van der Waals surface area contributed by atoms with Crippen LogP contribution in [-0.2, 0) is 6.54 Å². The van der Waals surface area contributed by atoms with E-state index in [2.05, 4.69) is 14.8 Å². The first-order valence-corrected chi connectivity index (χ1v) is 5.50. The lowest BCUT2D eigenvalue weighted by Gasteiger charge is -2.19. The van der Waals surface area contributed by atoms with Gasteiger partial charge in [0.1, 0.15) is 5.69 Å². The molecule has 0 unspecified atom stereocenters. The zero-order chi connectivity index (χ0) is 12.8. The molecule has 0 aliphatic rings. The molecule has 1 N–H and O–H groups in total.